The number of ether oxygens (including phenoxy) is 1. The van der Waals surface area contributed by atoms with Gasteiger partial charge in [-0.3, -0.25) is 0 Å². The summed E-state index contributed by atoms with van der Waals surface area (Å²) >= 11 is 0. The van der Waals surface area contributed by atoms with Gasteiger partial charge in [-0.15, -0.1) is 0 Å². The Hall–Kier alpha value is -1.06. The summed E-state index contributed by atoms with van der Waals surface area (Å²) in [5.41, 5.74) is -4.92. The van der Waals surface area contributed by atoms with Crippen LogP contribution in [0.2, 0.25) is 0 Å². The molecule has 3 nitrogen and oxygen atoms in total. The van der Waals surface area contributed by atoms with Crippen molar-refractivity contribution in [2.75, 3.05) is 27.6 Å². The molecule has 1 atom stereocenters. The molecule has 20 heavy (non-hydrogen) atoms. The Kier molecular flexibility index (Phi) is 1.56. The van der Waals surface area contributed by atoms with Crippen molar-refractivity contribution in [1.82, 2.24) is 4.90 Å². The van der Waals surface area contributed by atoms with E-state index in [2.05, 4.69) is 0 Å². The zero-order chi connectivity index (χ0) is 28.8. The van der Waals surface area contributed by atoms with Crippen LogP contribution in [0.1, 0.15) is 65.3 Å². The lowest BCUT2D eigenvalue weighted by atomic mass is 9.72. The maximum Gasteiger partial charge on any atom is 0.118 e. The zero-order valence-electron chi connectivity index (χ0n) is 27.1. The van der Waals surface area contributed by atoms with E-state index in [4.69, 9.17) is 25.3 Å². The van der Waals surface area contributed by atoms with E-state index in [1.165, 1.54) is 0 Å². The summed E-state index contributed by atoms with van der Waals surface area (Å²) in [6, 6.07) is 3.54. The standard InChI is InChI=1S/C17H27NO2/c1-18(2)13-16(17(19)11-5-4-6-12-17)14-7-9-15(20-3)10-8-14/h7-10,16,19H,4-6,11-13H2,1-3H3/t16-/m1/s1/i3D3,4D2,5D2,6D2,11D2,12D2,13D2,16D. The first-order valence-corrected chi connectivity index (χ1v) is 5.82. The molecular formula is C17H27NO2. The topological polar surface area (TPSA) is 32.7 Å². The first kappa shape index (κ1) is 4.72. The molecule has 0 unspecified atom stereocenters. The van der Waals surface area contributed by atoms with Crippen LogP contribution in [0.4, 0.5) is 0 Å². The number of hydrogen-bond donors (Lipinski definition) is 1. The van der Waals surface area contributed by atoms with Crippen LogP contribution in [-0.2, 0) is 0 Å². The molecule has 0 heterocycles. The van der Waals surface area contributed by atoms with Crippen LogP contribution in [0, 0.1) is 0 Å². The fourth-order valence-corrected chi connectivity index (χ4v) is 1.70. The quantitative estimate of drug-likeness (QED) is 0.906. The summed E-state index contributed by atoms with van der Waals surface area (Å²) in [4.78, 5) is 0.672. The molecule has 112 valence electrons. The van der Waals surface area contributed by atoms with Crippen LogP contribution in [0.25, 0.3) is 0 Å². The van der Waals surface area contributed by atoms with Crippen LogP contribution in [0.15, 0.2) is 24.3 Å². The Morgan fingerprint density at radius 1 is 1.40 bits per heavy atom. The van der Waals surface area contributed by atoms with Crippen molar-refractivity contribution in [3.8, 4) is 5.75 Å². The molecule has 0 bridgehead atoms. The van der Waals surface area contributed by atoms with Gasteiger partial charge in [0.1, 0.15) is 5.75 Å². The minimum Gasteiger partial charge on any atom is -0.497 e. The number of methoxy groups -OCH3 is 1. The molecule has 1 aliphatic carbocycles. The highest BCUT2D eigenvalue weighted by Crippen LogP contribution is 2.40. The molecule has 0 spiro atoms. The monoisotopic (exact) mass is 293 g/mol. The van der Waals surface area contributed by atoms with Crippen molar-refractivity contribution in [3.05, 3.63) is 29.8 Å². The first-order valence-electron chi connectivity index (χ1n) is 13.8. The van der Waals surface area contributed by atoms with Gasteiger partial charge < -0.3 is 14.7 Å². The van der Waals surface area contributed by atoms with Crippen molar-refractivity contribution in [2.24, 2.45) is 0 Å². The van der Waals surface area contributed by atoms with E-state index in [0.717, 1.165) is 38.4 Å². The van der Waals surface area contributed by atoms with Gasteiger partial charge in [0.25, 0.3) is 0 Å². The lowest BCUT2D eigenvalue weighted by Crippen LogP contribution is -2.42. The number of rotatable bonds is 5. The van der Waals surface area contributed by atoms with Crippen molar-refractivity contribution in [2.45, 2.75) is 43.4 Å². The van der Waals surface area contributed by atoms with Gasteiger partial charge >= 0.3 is 0 Å². The van der Waals surface area contributed by atoms with Crippen LogP contribution in [0.5, 0.6) is 5.75 Å². The molecule has 1 aromatic carbocycles. The maximum absolute atomic E-state index is 11.9. The second-order valence-corrected chi connectivity index (χ2v) is 4.34. The SMILES string of the molecule is [2H]C([2H])([2H])Oc1ccc([C@@]([2H])(C([2H])([2H])N(C)C)C2(O)C([2H])([2H])C([2H])([2H])C([2H])([2H])C([2H])([2H])C2([2H])[2H])cc1. The molecule has 0 amide bonds. The third-order valence-electron chi connectivity index (χ3n) is 2.57. The van der Waals surface area contributed by atoms with Crippen LogP contribution < -0.4 is 4.74 Å². The van der Waals surface area contributed by atoms with Crippen LogP contribution >= 0.6 is 0 Å². The fourth-order valence-electron chi connectivity index (χ4n) is 1.70. The zero-order valence-corrected chi connectivity index (χ0v) is 11.1. The van der Waals surface area contributed by atoms with Crippen LogP contribution in [0.3, 0.4) is 0 Å². The predicted molar refractivity (Wildman–Crippen MR) is 82.3 cm³/mol. The van der Waals surface area contributed by atoms with Crippen molar-refractivity contribution >= 4 is 0 Å². The number of hydrogen-bond acceptors (Lipinski definition) is 3. The number of aliphatic hydroxyl groups is 1. The van der Waals surface area contributed by atoms with Gasteiger partial charge in [-0.1, -0.05) is 31.3 Å². The lowest BCUT2D eigenvalue weighted by molar-refractivity contribution is -0.0277. The smallest absolute Gasteiger partial charge is 0.118 e. The Balaban J connectivity index is 3.06. The van der Waals surface area contributed by atoms with Gasteiger partial charge in [0.15, 0.2) is 0 Å². The molecule has 1 N–H and O–H groups in total. The van der Waals surface area contributed by atoms with Gasteiger partial charge in [-0.05, 0) is 44.5 Å². The van der Waals surface area contributed by atoms with E-state index in [9.17, 15) is 6.48 Å². The number of nitrogens with zero attached hydrogens (tertiary/aromatic N) is 1. The van der Waals surface area contributed by atoms with Gasteiger partial charge in [0.2, 0.25) is 0 Å². The fraction of sp³-hybridized carbons (Fsp3) is 0.647. The molecule has 0 aliphatic heterocycles. The second-order valence-electron chi connectivity index (χ2n) is 4.34. The molecule has 3 heteroatoms. The predicted octanol–water partition coefficient (Wildman–Crippen LogP) is 3.04. The minimum absolute atomic E-state index is 0.310. The summed E-state index contributed by atoms with van der Waals surface area (Å²) in [6.07, 6.45) is -20.1. The Morgan fingerprint density at radius 3 is 2.60 bits per heavy atom. The molecule has 1 aliphatic rings. The Labute approximate surface area is 145 Å². The normalized spacial score (nSPS) is 47.2. The summed E-state index contributed by atoms with van der Waals surface area (Å²) in [5, 5.41) is 11.9. The highest BCUT2D eigenvalue weighted by atomic mass is 16.5. The summed E-state index contributed by atoms with van der Waals surface area (Å²) in [6.45, 7) is -3.26. The first-order chi connectivity index (χ1) is 15.6. The average molecular weight is 294 g/mol. The van der Waals surface area contributed by atoms with Crippen molar-refractivity contribution in [3.63, 3.8) is 0 Å². The van der Waals surface area contributed by atoms with E-state index in [1.54, 1.807) is 0 Å². The van der Waals surface area contributed by atoms with Gasteiger partial charge in [-0.2, -0.15) is 0 Å². The van der Waals surface area contributed by atoms with E-state index in [1.807, 2.05) is 0 Å². The Morgan fingerprint density at radius 2 is 2.05 bits per heavy atom. The highest BCUT2D eigenvalue weighted by Gasteiger charge is 2.38. The summed E-state index contributed by atoms with van der Waals surface area (Å²) in [7, 11) is -0.767. The van der Waals surface area contributed by atoms with Crippen LogP contribution in [-0.4, -0.2) is 43.2 Å². The number of likely N-dealkylation sites (N-methyl/N-ethyl adjacent to an activating group) is 1. The van der Waals surface area contributed by atoms with Gasteiger partial charge in [0, 0.05) is 30.2 Å². The highest BCUT2D eigenvalue weighted by molar-refractivity contribution is 5.31. The molecular weight excluding hydrogens is 250 g/mol. The van der Waals surface area contributed by atoms with E-state index in [-0.39, 0.29) is 5.75 Å². The maximum atomic E-state index is 11.9. The molecule has 0 aromatic heterocycles. The van der Waals surface area contributed by atoms with Gasteiger partial charge in [-0.25, -0.2) is 0 Å². The van der Waals surface area contributed by atoms with Crippen molar-refractivity contribution in [1.29, 1.82) is 0 Å². The molecule has 0 saturated heterocycles. The summed E-state index contributed by atoms with van der Waals surface area (Å²) < 4.78 is 135. The largest absolute Gasteiger partial charge is 0.497 e. The minimum atomic E-state index is -4.23. The van der Waals surface area contributed by atoms with E-state index >= 15 is 0 Å². The lowest BCUT2D eigenvalue weighted by Gasteiger charge is -2.40. The third-order valence-corrected chi connectivity index (χ3v) is 2.57. The molecule has 0 radical (unpaired) electrons. The Bertz CT molecular complexity index is 957. The second kappa shape index (κ2) is 6.59. The van der Waals surface area contributed by atoms with Crippen molar-refractivity contribution < 1.29 is 31.8 Å². The average Bonchev–Trinajstić information content (AvgIpc) is 2.70. The molecule has 1 aromatic rings. The molecule has 1 saturated carbocycles. The van der Waals surface area contributed by atoms with E-state index in [0.29, 0.717) is 4.90 Å². The third kappa shape index (κ3) is 3.53. The molecule has 2 rings (SSSR count). The number of benzene rings is 1. The summed E-state index contributed by atoms with van der Waals surface area (Å²) in [5.74, 6) is -3.90. The van der Waals surface area contributed by atoms with E-state index < -0.39 is 62.5 Å². The van der Waals surface area contributed by atoms with Gasteiger partial charge in [0.05, 0.1) is 16.8 Å². The molecule has 1 fully saturated rings.